The van der Waals surface area contributed by atoms with E-state index in [2.05, 4.69) is 44.1 Å². The molecule has 1 unspecified atom stereocenters. The highest BCUT2D eigenvalue weighted by molar-refractivity contribution is 5.88. The van der Waals surface area contributed by atoms with Crippen LogP contribution in [0, 0.1) is 6.92 Å². The normalized spacial score (nSPS) is 18.2. The van der Waals surface area contributed by atoms with Gasteiger partial charge in [-0.3, -0.25) is 14.5 Å². The van der Waals surface area contributed by atoms with Crippen LogP contribution in [-0.2, 0) is 22.7 Å². The Morgan fingerprint density at radius 1 is 0.964 bits per heavy atom. The fraction of sp³-hybridized carbons (Fsp3) is 0.500. The molecule has 14 heteroatoms. The Balaban J connectivity index is 1.03. The number of carbonyl (C=O) groups excluding carboxylic acids is 3. The van der Waals surface area contributed by atoms with Gasteiger partial charge in [-0.1, -0.05) is 30.3 Å². The number of aryl methyl sites for hydroxylation is 1. The highest BCUT2D eigenvalue weighted by Gasteiger charge is 2.34. The number of piperazine rings is 1. The van der Waals surface area contributed by atoms with Crippen LogP contribution in [0.25, 0.3) is 21.8 Å². The molecule has 7 rings (SSSR count). The first-order valence-corrected chi connectivity index (χ1v) is 20.0. The molecule has 2 aromatic heterocycles. The van der Waals surface area contributed by atoms with E-state index in [1.807, 2.05) is 60.5 Å². The number of para-hydroxylation sites is 1. The van der Waals surface area contributed by atoms with Crippen molar-refractivity contribution in [3.63, 3.8) is 0 Å². The number of H-pyrrole nitrogens is 1. The Morgan fingerprint density at radius 3 is 2.46 bits per heavy atom. The molecule has 3 aliphatic rings. The van der Waals surface area contributed by atoms with Gasteiger partial charge in [0.1, 0.15) is 6.04 Å². The molecule has 0 radical (unpaired) electrons. The SMILES string of the molecule is C=CCCNC(=O)OCn1cc2cc(CC(NC(=O)N3CCC(c4cc5ccccc5[nH]c4=O)CC3)C(=O)N3CCN(C4CCN(C)CC4)CC3)cc(C)c2n1. The summed E-state index contributed by atoms with van der Waals surface area (Å²) in [6, 6.07) is 13.3. The van der Waals surface area contributed by atoms with Gasteiger partial charge in [-0.2, -0.15) is 5.10 Å². The minimum absolute atomic E-state index is 0.0401. The van der Waals surface area contributed by atoms with E-state index >= 15 is 0 Å². The molecule has 0 spiro atoms. The fourth-order valence-corrected chi connectivity index (χ4v) is 8.50. The van der Waals surface area contributed by atoms with Crippen molar-refractivity contribution in [1.29, 1.82) is 0 Å². The van der Waals surface area contributed by atoms with Gasteiger partial charge in [-0.05, 0) is 99.8 Å². The lowest BCUT2D eigenvalue weighted by Crippen LogP contribution is -2.59. The number of rotatable bonds is 11. The monoisotopic (exact) mass is 765 g/mol. The lowest BCUT2D eigenvalue weighted by atomic mass is 9.89. The number of carbonyl (C=O) groups is 3. The second kappa shape index (κ2) is 17.7. The number of likely N-dealkylation sites (tertiary alicyclic amines) is 2. The standard InChI is InChI=1S/C42H55N9O5/c1-4-5-14-43-42(55)56-28-51-27-33-24-30(23-29(2)38(33)46-51)25-37(40(53)49-21-19-48(20-22-49)34-12-15-47(3)16-13-34)45-41(54)50-17-10-31(11-18-50)35-26-32-8-6-7-9-36(32)44-39(35)52/h4,6-9,23-24,26-27,31,34,37H,1,5,10-22,25,28H2,2-3H3,(H,43,55)(H,44,52)(H,45,54). The highest BCUT2D eigenvalue weighted by Crippen LogP contribution is 2.28. The van der Waals surface area contributed by atoms with Crippen LogP contribution < -0.4 is 16.2 Å². The van der Waals surface area contributed by atoms with Crippen LogP contribution in [0.5, 0.6) is 0 Å². The van der Waals surface area contributed by atoms with E-state index in [0.717, 1.165) is 77.5 Å². The van der Waals surface area contributed by atoms with Gasteiger partial charge in [0, 0.05) is 80.9 Å². The molecule has 3 saturated heterocycles. The number of nitrogens with zero attached hydrogens (tertiary/aromatic N) is 6. The molecule has 4 amide bonds. The van der Waals surface area contributed by atoms with E-state index in [9.17, 15) is 19.2 Å². The predicted molar refractivity (Wildman–Crippen MR) is 217 cm³/mol. The average molecular weight is 766 g/mol. The molecule has 298 valence electrons. The molecule has 5 heterocycles. The number of alkyl carbamates (subject to hydrolysis) is 1. The van der Waals surface area contributed by atoms with Crippen molar-refractivity contribution in [2.45, 2.75) is 70.2 Å². The predicted octanol–water partition coefficient (Wildman–Crippen LogP) is 4.18. The van der Waals surface area contributed by atoms with Gasteiger partial charge in [0.25, 0.3) is 5.56 Å². The topological polar surface area (TPSA) is 148 Å². The summed E-state index contributed by atoms with van der Waals surface area (Å²) in [7, 11) is 2.17. The molecule has 3 fully saturated rings. The summed E-state index contributed by atoms with van der Waals surface area (Å²) in [4.78, 5) is 65.0. The number of pyridine rings is 1. The maximum atomic E-state index is 14.4. The Labute approximate surface area is 327 Å². The molecule has 3 N–H and O–H groups in total. The highest BCUT2D eigenvalue weighted by atomic mass is 16.6. The van der Waals surface area contributed by atoms with Crippen LogP contribution >= 0.6 is 0 Å². The minimum Gasteiger partial charge on any atom is -0.426 e. The number of hydrogen-bond acceptors (Lipinski definition) is 8. The van der Waals surface area contributed by atoms with E-state index in [0.29, 0.717) is 64.4 Å². The number of benzene rings is 2. The van der Waals surface area contributed by atoms with Gasteiger partial charge < -0.3 is 35.1 Å². The molecule has 0 saturated carbocycles. The number of fused-ring (bicyclic) bond motifs is 2. The third-order valence-electron chi connectivity index (χ3n) is 11.7. The fourth-order valence-electron chi connectivity index (χ4n) is 8.50. The molecule has 0 aliphatic carbocycles. The number of aromatic amines is 1. The molecule has 0 bridgehead atoms. The summed E-state index contributed by atoms with van der Waals surface area (Å²) >= 11 is 0. The maximum absolute atomic E-state index is 14.4. The van der Waals surface area contributed by atoms with E-state index in [1.54, 1.807) is 15.7 Å². The van der Waals surface area contributed by atoms with Gasteiger partial charge >= 0.3 is 12.1 Å². The number of nitrogens with one attached hydrogen (secondary N) is 3. The van der Waals surface area contributed by atoms with Crippen molar-refractivity contribution in [2.24, 2.45) is 0 Å². The molecular weight excluding hydrogens is 711 g/mol. The lowest BCUT2D eigenvalue weighted by Gasteiger charge is -2.43. The largest absolute Gasteiger partial charge is 0.426 e. The summed E-state index contributed by atoms with van der Waals surface area (Å²) in [6.45, 7) is 12.1. The molecule has 2 aromatic carbocycles. The zero-order valence-electron chi connectivity index (χ0n) is 32.7. The molecule has 3 aliphatic heterocycles. The van der Waals surface area contributed by atoms with Crippen molar-refractivity contribution >= 4 is 39.8 Å². The zero-order valence-corrected chi connectivity index (χ0v) is 32.7. The number of amides is 4. The summed E-state index contributed by atoms with van der Waals surface area (Å²) in [5.41, 5.74) is 4.08. The number of aromatic nitrogens is 3. The Morgan fingerprint density at radius 2 is 1.71 bits per heavy atom. The van der Waals surface area contributed by atoms with Gasteiger partial charge in [-0.25, -0.2) is 14.3 Å². The van der Waals surface area contributed by atoms with Crippen molar-refractivity contribution in [1.82, 2.24) is 45.0 Å². The first-order chi connectivity index (χ1) is 27.1. The van der Waals surface area contributed by atoms with Crippen molar-refractivity contribution in [3.05, 3.63) is 88.4 Å². The third kappa shape index (κ3) is 9.24. The second-order valence-electron chi connectivity index (χ2n) is 15.6. The summed E-state index contributed by atoms with van der Waals surface area (Å²) in [5.74, 6) is -0.0402. The summed E-state index contributed by atoms with van der Waals surface area (Å²) in [5, 5.41) is 12.3. The van der Waals surface area contributed by atoms with Gasteiger partial charge in [0.15, 0.2) is 6.73 Å². The van der Waals surface area contributed by atoms with Crippen LogP contribution in [0.15, 0.2) is 66.1 Å². The number of urea groups is 1. The van der Waals surface area contributed by atoms with E-state index < -0.39 is 12.1 Å². The smallest absolute Gasteiger partial charge is 0.408 e. The molecule has 56 heavy (non-hydrogen) atoms. The quantitative estimate of drug-likeness (QED) is 0.152. The summed E-state index contributed by atoms with van der Waals surface area (Å²) in [6.07, 6.45) is 7.58. The number of piperidine rings is 2. The van der Waals surface area contributed by atoms with E-state index in [4.69, 9.17) is 4.74 Å². The number of hydrogen-bond donors (Lipinski definition) is 3. The first-order valence-electron chi connectivity index (χ1n) is 20.0. The van der Waals surface area contributed by atoms with Crippen LogP contribution in [0.1, 0.15) is 54.7 Å². The average Bonchev–Trinajstić information content (AvgIpc) is 3.63. The zero-order chi connectivity index (χ0) is 39.2. The van der Waals surface area contributed by atoms with Gasteiger partial charge in [0.2, 0.25) is 5.91 Å². The first kappa shape index (κ1) is 39.0. The Bertz CT molecular complexity index is 2090. The van der Waals surface area contributed by atoms with Crippen molar-refractivity contribution in [2.75, 3.05) is 66.0 Å². The van der Waals surface area contributed by atoms with Gasteiger partial charge in [-0.15, -0.1) is 6.58 Å². The maximum Gasteiger partial charge on any atom is 0.408 e. The Hall–Kier alpha value is -5.21. The minimum atomic E-state index is -0.770. The van der Waals surface area contributed by atoms with E-state index in [1.165, 1.54) is 0 Å². The second-order valence-corrected chi connectivity index (χ2v) is 15.6. The van der Waals surface area contributed by atoms with Crippen molar-refractivity contribution < 1.29 is 19.1 Å². The molecule has 14 nitrogen and oxygen atoms in total. The van der Waals surface area contributed by atoms with Crippen LogP contribution in [0.2, 0.25) is 0 Å². The van der Waals surface area contributed by atoms with Crippen LogP contribution in [-0.4, -0.2) is 130 Å². The summed E-state index contributed by atoms with van der Waals surface area (Å²) < 4.78 is 6.92. The lowest BCUT2D eigenvalue weighted by molar-refractivity contribution is -0.135. The molecule has 1 atom stereocenters. The molecule has 4 aromatic rings. The van der Waals surface area contributed by atoms with Crippen LogP contribution in [0.4, 0.5) is 9.59 Å². The Kier molecular flexibility index (Phi) is 12.4. The number of ether oxygens (including phenoxy) is 1. The molecular formula is C42H55N9O5. The van der Waals surface area contributed by atoms with Crippen LogP contribution in [0.3, 0.4) is 0 Å². The van der Waals surface area contributed by atoms with E-state index in [-0.39, 0.29) is 30.1 Å². The third-order valence-corrected chi connectivity index (χ3v) is 11.7. The van der Waals surface area contributed by atoms with Crippen molar-refractivity contribution in [3.8, 4) is 0 Å². The van der Waals surface area contributed by atoms with Gasteiger partial charge in [0.05, 0.1) is 5.52 Å².